The lowest BCUT2D eigenvalue weighted by Gasteiger charge is -2.29. The maximum absolute atomic E-state index is 10.4. The van der Waals surface area contributed by atoms with Crippen molar-refractivity contribution in [3.63, 3.8) is 0 Å². The first kappa shape index (κ1) is 12.3. The summed E-state index contributed by atoms with van der Waals surface area (Å²) in [7, 11) is 0. The van der Waals surface area contributed by atoms with E-state index in [4.69, 9.17) is 0 Å². The molecule has 0 saturated heterocycles. The van der Waals surface area contributed by atoms with Crippen LogP contribution in [0.1, 0.15) is 51.7 Å². The van der Waals surface area contributed by atoms with Crippen molar-refractivity contribution in [3.05, 3.63) is 35.4 Å². The van der Waals surface area contributed by atoms with Gasteiger partial charge in [-0.1, -0.05) is 52.0 Å². The predicted octanol–water partition coefficient (Wildman–Crippen LogP) is 3.67. The Kier molecular flexibility index (Phi) is 3.56. The van der Waals surface area contributed by atoms with Gasteiger partial charge in [-0.2, -0.15) is 0 Å². The molecular formula is C14H22O. The van der Waals surface area contributed by atoms with Crippen LogP contribution in [0.15, 0.2) is 24.3 Å². The molecule has 1 rings (SSSR count). The van der Waals surface area contributed by atoms with Crippen LogP contribution in [0.3, 0.4) is 0 Å². The minimum atomic E-state index is -0.731. The Morgan fingerprint density at radius 2 is 1.73 bits per heavy atom. The van der Waals surface area contributed by atoms with Gasteiger partial charge in [0.2, 0.25) is 0 Å². The van der Waals surface area contributed by atoms with E-state index in [-0.39, 0.29) is 5.92 Å². The molecule has 1 aromatic carbocycles. The maximum atomic E-state index is 10.4. The third-order valence-electron chi connectivity index (χ3n) is 3.26. The van der Waals surface area contributed by atoms with Crippen LogP contribution in [-0.4, -0.2) is 5.11 Å². The van der Waals surface area contributed by atoms with Crippen molar-refractivity contribution in [2.24, 2.45) is 5.92 Å². The van der Waals surface area contributed by atoms with E-state index in [1.165, 1.54) is 5.56 Å². The summed E-state index contributed by atoms with van der Waals surface area (Å²) >= 11 is 0. The fourth-order valence-corrected chi connectivity index (χ4v) is 1.55. The molecule has 0 saturated carbocycles. The molecule has 0 amide bonds. The van der Waals surface area contributed by atoms with Crippen LogP contribution < -0.4 is 0 Å². The molecule has 0 heterocycles. The summed E-state index contributed by atoms with van der Waals surface area (Å²) in [6.45, 7) is 10.3. The lowest BCUT2D eigenvalue weighted by molar-refractivity contribution is 0.00897. The Morgan fingerprint density at radius 1 is 1.13 bits per heavy atom. The van der Waals surface area contributed by atoms with Crippen LogP contribution in [0.2, 0.25) is 0 Å². The molecule has 15 heavy (non-hydrogen) atoms. The molecule has 0 fully saturated rings. The topological polar surface area (TPSA) is 20.2 Å². The Labute approximate surface area is 93.1 Å². The molecule has 0 aliphatic heterocycles. The van der Waals surface area contributed by atoms with Gasteiger partial charge in [0.25, 0.3) is 0 Å². The Balaban J connectivity index is 3.10. The summed E-state index contributed by atoms with van der Waals surface area (Å²) in [5, 5.41) is 10.4. The molecule has 0 spiro atoms. The molecule has 1 heteroatoms. The van der Waals surface area contributed by atoms with Crippen molar-refractivity contribution in [1.82, 2.24) is 0 Å². The fourth-order valence-electron chi connectivity index (χ4n) is 1.55. The lowest BCUT2D eigenvalue weighted by atomic mass is 9.84. The number of aliphatic hydroxyl groups is 1. The molecule has 1 N–H and O–H groups in total. The highest BCUT2D eigenvalue weighted by molar-refractivity contribution is 5.29. The van der Waals surface area contributed by atoms with E-state index in [9.17, 15) is 5.11 Å². The highest BCUT2D eigenvalue weighted by atomic mass is 16.3. The van der Waals surface area contributed by atoms with Crippen LogP contribution in [0.5, 0.6) is 0 Å². The molecule has 1 nitrogen and oxygen atoms in total. The lowest BCUT2D eigenvalue weighted by Crippen LogP contribution is -2.28. The van der Waals surface area contributed by atoms with Crippen molar-refractivity contribution in [1.29, 1.82) is 0 Å². The normalized spacial score (nSPS) is 15.7. The third kappa shape index (κ3) is 2.60. The molecular weight excluding hydrogens is 184 g/mol. The van der Waals surface area contributed by atoms with Crippen molar-refractivity contribution in [2.45, 2.75) is 46.1 Å². The Bertz CT molecular complexity index is 324. The molecule has 84 valence electrons. The van der Waals surface area contributed by atoms with Crippen LogP contribution in [0.25, 0.3) is 0 Å². The summed E-state index contributed by atoms with van der Waals surface area (Å²) < 4.78 is 0. The zero-order chi connectivity index (χ0) is 11.6. The molecule has 0 aliphatic carbocycles. The van der Waals surface area contributed by atoms with Crippen LogP contribution in [0, 0.1) is 5.92 Å². The van der Waals surface area contributed by atoms with Crippen molar-refractivity contribution < 1.29 is 5.11 Å². The van der Waals surface area contributed by atoms with Gasteiger partial charge in [-0.15, -0.1) is 0 Å². The molecule has 1 aromatic rings. The van der Waals surface area contributed by atoms with Gasteiger partial charge in [-0.25, -0.2) is 0 Å². The molecule has 0 aliphatic rings. The van der Waals surface area contributed by atoms with E-state index in [1.54, 1.807) is 0 Å². The minimum Gasteiger partial charge on any atom is -0.385 e. The summed E-state index contributed by atoms with van der Waals surface area (Å²) in [6, 6.07) is 8.27. The molecule has 0 bridgehead atoms. The van der Waals surface area contributed by atoms with E-state index in [1.807, 2.05) is 32.9 Å². The molecule has 0 aromatic heterocycles. The zero-order valence-corrected chi connectivity index (χ0v) is 10.4. The van der Waals surface area contributed by atoms with E-state index in [0.29, 0.717) is 5.92 Å². The number of rotatable bonds is 3. The SMILES string of the molecule is CC(C)c1cccc([C@@](C)(O)C(C)C)c1. The summed E-state index contributed by atoms with van der Waals surface area (Å²) in [5.41, 5.74) is 1.57. The third-order valence-corrected chi connectivity index (χ3v) is 3.26. The second-order valence-corrected chi connectivity index (χ2v) is 5.08. The van der Waals surface area contributed by atoms with Crippen molar-refractivity contribution >= 4 is 0 Å². The predicted molar refractivity (Wildman–Crippen MR) is 64.9 cm³/mol. The Morgan fingerprint density at radius 3 is 2.20 bits per heavy atom. The van der Waals surface area contributed by atoms with Gasteiger partial charge in [0.1, 0.15) is 0 Å². The zero-order valence-electron chi connectivity index (χ0n) is 10.4. The van der Waals surface area contributed by atoms with Gasteiger partial charge in [-0.05, 0) is 29.9 Å². The summed E-state index contributed by atoms with van der Waals surface area (Å²) in [5.74, 6) is 0.729. The largest absolute Gasteiger partial charge is 0.385 e. The maximum Gasteiger partial charge on any atom is 0.0891 e. The standard InChI is InChI=1S/C14H22O/c1-10(2)12-7-6-8-13(9-12)14(5,15)11(3)4/h6-11,15H,1-5H3/t14-/m0/s1. The quantitative estimate of drug-likeness (QED) is 0.800. The minimum absolute atomic E-state index is 0.222. The highest BCUT2D eigenvalue weighted by Crippen LogP contribution is 2.30. The smallest absolute Gasteiger partial charge is 0.0891 e. The first-order valence-electron chi connectivity index (χ1n) is 5.68. The fraction of sp³-hybridized carbons (Fsp3) is 0.571. The van der Waals surface area contributed by atoms with Crippen molar-refractivity contribution in [3.8, 4) is 0 Å². The van der Waals surface area contributed by atoms with Crippen molar-refractivity contribution in [2.75, 3.05) is 0 Å². The molecule has 0 radical (unpaired) electrons. The van der Waals surface area contributed by atoms with Gasteiger partial charge >= 0.3 is 0 Å². The van der Waals surface area contributed by atoms with E-state index >= 15 is 0 Å². The van der Waals surface area contributed by atoms with Crippen LogP contribution >= 0.6 is 0 Å². The Hall–Kier alpha value is -0.820. The first-order chi connectivity index (χ1) is 6.85. The number of hydrogen-bond donors (Lipinski definition) is 1. The van der Waals surface area contributed by atoms with E-state index < -0.39 is 5.60 Å². The molecule has 0 unspecified atom stereocenters. The van der Waals surface area contributed by atoms with E-state index in [0.717, 1.165) is 5.56 Å². The number of hydrogen-bond acceptors (Lipinski definition) is 1. The second kappa shape index (κ2) is 4.36. The number of benzene rings is 1. The average molecular weight is 206 g/mol. The highest BCUT2D eigenvalue weighted by Gasteiger charge is 2.27. The van der Waals surface area contributed by atoms with Gasteiger partial charge in [0.15, 0.2) is 0 Å². The van der Waals surface area contributed by atoms with E-state index in [2.05, 4.69) is 26.0 Å². The summed E-state index contributed by atoms with van der Waals surface area (Å²) in [6.07, 6.45) is 0. The molecule has 1 atom stereocenters. The first-order valence-corrected chi connectivity index (χ1v) is 5.68. The monoisotopic (exact) mass is 206 g/mol. The van der Waals surface area contributed by atoms with Gasteiger partial charge in [-0.3, -0.25) is 0 Å². The van der Waals surface area contributed by atoms with Gasteiger partial charge in [0, 0.05) is 0 Å². The van der Waals surface area contributed by atoms with Gasteiger partial charge in [0.05, 0.1) is 5.60 Å². The average Bonchev–Trinajstić information content (AvgIpc) is 2.17. The van der Waals surface area contributed by atoms with Crippen LogP contribution in [0.4, 0.5) is 0 Å². The second-order valence-electron chi connectivity index (χ2n) is 5.08. The van der Waals surface area contributed by atoms with Gasteiger partial charge < -0.3 is 5.11 Å². The summed E-state index contributed by atoms with van der Waals surface area (Å²) in [4.78, 5) is 0. The van der Waals surface area contributed by atoms with Crippen LogP contribution in [-0.2, 0) is 5.60 Å².